The lowest BCUT2D eigenvalue weighted by Crippen LogP contribution is -2.25. The highest BCUT2D eigenvalue weighted by Gasteiger charge is 2.18. The Kier molecular flexibility index (Phi) is 5.24. The van der Waals surface area contributed by atoms with Crippen molar-refractivity contribution in [3.8, 4) is 0 Å². The predicted molar refractivity (Wildman–Crippen MR) is 105 cm³/mol. The normalized spacial score (nSPS) is 12.3. The molecule has 0 spiro atoms. The number of nitrogens with zero attached hydrogens (tertiary/aromatic N) is 2. The number of amides is 1. The summed E-state index contributed by atoms with van der Waals surface area (Å²) >= 11 is 2.71. The molecule has 7 heteroatoms. The fourth-order valence-corrected chi connectivity index (χ4v) is 4.04. The molecule has 0 bridgehead atoms. The summed E-state index contributed by atoms with van der Waals surface area (Å²) in [5.74, 6) is -0.116. The molecule has 1 aromatic carbocycles. The summed E-state index contributed by atoms with van der Waals surface area (Å²) < 4.78 is 1.50. The van der Waals surface area contributed by atoms with E-state index in [0.717, 1.165) is 12.1 Å². The van der Waals surface area contributed by atoms with Gasteiger partial charge in [-0.1, -0.05) is 30.8 Å². The number of aryl methyl sites for hydroxylation is 1. The van der Waals surface area contributed by atoms with E-state index in [-0.39, 0.29) is 16.7 Å². The maximum atomic E-state index is 12.4. The Morgan fingerprint density at radius 1 is 1.32 bits per heavy atom. The van der Waals surface area contributed by atoms with E-state index in [1.807, 2.05) is 36.6 Å². The van der Waals surface area contributed by atoms with Gasteiger partial charge in [-0.15, -0.1) is 11.3 Å². The van der Waals surface area contributed by atoms with Crippen LogP contribution in [0.5, 0.6) is 0 Å². The van der Waals surface area contributed by atoms with Crippen molar-refractivity contribution in [2.24, 2.45) is 7.05 Å². The van der Waals surface area contributed by atoms with Crippen molar-refractivity contribution in [3.05, 3.63) is 51.6 Å². The second-order valence-corrected chi connectivity index (χ2v) is 7.90. The molecule has 25 heavy (non-hydrogen) atoms. The summed E-state index contributed by atoms with van der Waals surface area (Å²) in [5, 5.41) is 5.55. The summed E-state index contributed by atoms with van der Waals surface area (Å²) in [6, 6.07) is 9.59. The Balaban J connectivity index is 1.74. The van der Waals surface area contributed by atoms with Crippen LogP contribution in [0, 0.1) is 0 Å². The number of nitrogens with one attached hydrogen (secondary N) is 1. The summed E-state index contributed by atoms with van der Waals surface area (Å²) in [7, 11) is 1.68. The monoisotopic (exact) mass is 373 g/mol. The van der Waals surface area contributed by atoms with Crippen molar-refractivity contribution in [1.29, 1.82) is 0 Å². The molecule has 0 fully saturated rings. The van der Waals surface area contributed by atoms with Gasteiger partial charge >= 0.3 is 0 Å². The van der Waals surface area contributed by atoms with Gasteiger partial charge in [0.2, 0.25) is 5.91 Å². The van der Waals surface area contributed by atoms with Crippen LogP contribution in [0.25, 0.3) is 10.2 Å². The third-order valence-corrected chi connectivity index (χ3v) is 5.90. The average Bonchev–Trinajstić information content (AvgIpc) is 3.08. The molecule has 5 nitrogen and oxygen atoms in total. The number of hydrogen-bond acceptors (Lipinski definition) is 5. The van der Waals surface area contributed by atoms with Gasteiger partial charge in [-0.25, -0.2) is 4.98 Å². The van der Waals surface area contributed by atoms with Crippen LogP contribution in [0.1, 0.15) is 19.4 Å². The number of thiophene rings is 1. The molecule has 0 aliphatic rings. The zero-order valence-electron chi connectivity index (χ0n) is 14.3. The zero-order chi connectivity index (χ0) is 18.0. The molecule has 2 aromatic heterocycles. The van der Waals surface area contributed by atoms with E-state index in [1.165, 1.54) is 33.2 Å². The molecule has 1 amide bonds. The summed E-state index contributed by atoms with van der Waals surface area (Å²) in [4.78, 5) is 30.0. The minimum atomic E-state index is -0.374. The van der Waals surface area contributed by atoms with Gasteiger partial charge in [-0.05, 0) is 42.5 Å². The SMILES string of the molecule is CCc1ccc(NC(=O)C(C)Sc2nc3sccc3c(=O)n2C)cc1. The summed E-state index contributed by atoms with van der Waals surface area (Å²) in [6.07, 6.45) is 0.964. The second kappa shape index (κ2) is 7.41. The average molecular weight is 374 g/mol. The minimum absolute atomic E-state index is 0.0866. The van der Waals surface area contributed by atoms with Crippen molar-refractivity contribution in [1.82, 2.24) is 9.55 Å². The van der Waals surface area contributed by atoms with Crippen LogP contribution in [0.15, 0.2) is 45.7 Å². The van der Waals surface area contributed by atoms with Gasteiger partial charge in [0.25, 0.3) is 5.56 Å². The van der Waals surface area contributed by atoms with Gasteiger partial charge in [-0.2, -0.15) is 0 Å². The van der Waals surface area contributed by atoms with Crippen LogP contribution >= 0.6 is 23.1 Å². The van der Waals surface area contributed by atoms with Crippen molar-refractivity contribution in [2.75, 3.05) is 5.32 Å². The van der Waals surface area contributed by atoms with E-state index in [4.69, 9.17) is 0 Å². The predicted octanol–water partition coefficient (Wildman–Crippen LogP) is 3.68. The molecule has 0 saturated carbocycles. The lowest BCUT2D eigenvalue weighted by molar-refractivity contribution is -0.115. The molecule has 3 aromatic rings. The Morgan fingerprint density at radius 3 is 2.72 bits per heavy atom. The van der Waals surface area contributed by atoms with Crippen molar-refractivity contribution < 1.29 is 4.79 Å². The number of thioether (sulfide) groups is 1. The van der Waals surface area contributed by atoms with E-state index < -0.39 is 0 Å². The van der Waals surface area contributed by atoms with Crippen molar-refractivity contribution >= 4 is 44.9 Å². The molecule has 1 N–H and O–H groups in total. The highest BCUT2D eigenvalue weighted by Crippen LogP contribution is 2.24. The van der Waals surface area contributed by atoms with Gasteiger partial charge in [0.15, 0.2) is 5.16 Å². The number of hydrogen-bond donors (Lipinski definition) is 1. The van der Waals surface area contributed by atoms with Crippen LogP contribution in [0.2, 0.25) is 0 Å². The van der Waals surface area contributed by atoms with Crippen LogP contribution in [-0.2, 0) is 18.3 Å². The fraction of sp³-hybridized carbons (Fsp3) is 0.278. The maximum absolute atomic E-state index is 12.4. The maximum Gasteiger partial charge on any atom is 0.262 e. The fourth-order valence-electron chi connectivity index (χ4n) is 2.36. The number of carbonyl (C=O) groups is 1. The van der Waals surface area contributed by atoms with Gasteiger partial charge in [-0.3, -0.25) is 14.2 Å². The highest BCUT2D eigenvalue weighted by atomic mass is 32.2. The summed E-state index contributed by atoms with van der Waals surface area (Å²) in [6.45, 7) is 3.90. The van der Waals surface area contributed by atoms with Crippen molar-refractivity contribution in [2.45, 2.75) is 30.7 Å². The smallest absolute Gasteiger partial charge is 0.262 e. The Bertz CT molecular complexity index is 961. The largest absolute Gasteiger partial charge is 0.325 e. The second-order valence-electron chi connectivity index (χ2n) is 5.70. The summed E-state index contributed by atoms with van der Waals surface area (Å²) in [5.41, 5.74) is 1.91. The number of aromatic nitrogens is 2. The first-order valence-electron chi connectivity index (χ1n) is 8.00. The zero-order valence-corrected chi connectivity index (χ0v) is 15.9. The first-order valence-corrected chi connectivity index (χ1v) is 9.76. The molecule has 0 aliphatic carbocycles. The Labute approximate surface area is 154 Å². The third-order valence-electron chi connectivity index (χ3n) is 3.95. The topological polar surface area (TPSA) is 64.0 Å². The standard InChI is InChI=1S/C18H19N3O2S2/c1-4-12-5-7-13(8-6-12)19-15(22)11(2)25-18-20-16-14(9-10-24-16)17(23)21(18)3/h5-11H,4H2,1-3H3,(H,19,22). The molecular weight excluding hydrogens is 354 g/mol. The van der Waals surface area contributed by atoms with Crippen LogP contribution < -0.4 is 10.9 Å². The van der Waals surface area contributed by atoms with E-state index in [2.05, 4.69) is 17.2 Å². The van der Waals surface area contributed by atoms with E-state index in [9.17, 15) is 9.59 Å². The number of benzene rings is 1. The highest BCUT2D eigenvalue weighted by molar-refractivity contribution is 8.00. The molecule has 0 aliphatic heterocycles. The molecule has 3 rings (SSSR count). The number of carbonyl (C=O) groups excluding carboxylic acids is 1. The first kappa shape index (κ1) is 17.7. The quantitative estimate of drug-likeness (QED) is 0.547. The van der Waals surface area contributed by atoms with E-state index in [1.54, 1.807) is 13.1 Å². The molecule has 1 atom stereocenters. The number of rotatable bonds is 5. The lowest BCUT2D eigenvalue weighted by atomic mass is 10.1. The Morgan fingerprint density at radius 2 is 2.04 bits per heavy atom. The molecule has 0 saturated heterocycles. The van der Waals surface area contributed by atoms with E-state index in [0.29, 0.717) is 15.4 Å². The minimum Gasteiger partial charge on any atom is -0.325 e. The van der Waals surface area contributed by atoms with Gasteiger partial charge < -0.3 is 5.32 Å². The first-order chi connectivity index (χ1) is 12.0. The van der Waals surface area contributed by atoms with E-state index >= 15 is 0 Å². The number of anilines is 1. The lowest BCUT2D eigenvalue weighted by Gasteiger charge is -2.13. The Hall–Kier alpha value is -2.12. The molecular formula is C18H19N3O2S2. The van der Waals surface area contributed by atoms with Crippen LogP contribution in [0.3, 0.4) is 0 Å². The number of fused-ring (bicyclic) bond motifs is 1. The molecule has 2 heterocycles. The van der Waals surface area contributed by atoms with Gasteiger partial charge in [0, 0.05) is 12.7 Å². The van der Waals surface area contributed by atoms with Crippen LogP contribution in [0.4, 0.5) is 5.69 Å². The van der Waals surface area contributed by atoms with Crippen molar-refractivity contribution in [3.63, 3.8) is 0 Å². The van der Waals surface area contributed by atoms with Gasteiger partial charge in [0.05, 0.1) is 10.6 Å². The molecule has 1 unspecified atom stereocenters. The van der Waals surface area contributed by atoms with Crippen LogP contribution in [-0.4, -0.2) is 20.7 Å². The molecule has 130 valence electrons. The third kappa shape index (κ3) is 3.77. The van der Waals surface area contributed by atoms with Gasteiger partial charge in [0.1, 0.15) is 4.83 Å². The molecule has 0 radical (unpaired) electrons.